The first-order valence-electron chi connectivity index (χ1n) is 9.53. The molecule has 2 rings (SSSR count). The minimum Gasteiger partial charge on any atom is -0.466 e. The molecule has 9 heteroatoms. The highest BCUT2D eigenvalue weighted by atomic mass is 127. The number of halogens is 1. The number of hydrogen-bond donors (Lipinski definition) is 2. The summed E-state index contributed by atoms with van der Waals surface area (Å²) in [5.41, 5.74) is 0.537. The van der Waals surface area contributed by atoms with Gasteiger partial charge >= 0.3 is 5.97 Å². The van der Waals surface area contributed by atoms with Gasteiger partial charge in [-0.05, 0) is 38.8 Å². The molecule has 0 spiro atoms. The minimum atomic E-state index is -0.154. The Morgan fingerprint density at radius 3 is 2.64 bits per heavy atom. The predicted molar refractivity (Wildman–Crippen MR) is 119 cm³/mol. The summed E-state index contributed by atoms with van der Waals surface area (Å²) in [5, 5.41) is 6.12. The van der Waals surface area contributed by atoms with E-state index < -0.39 is 0 Å². The van der Waals surface area contributed by atoms with Crippen LogP contribution in [0.4, 0.5) is 0 Å². The van der Waals surface area contributed by atoms with Gasteiger partial charge in [0.1, 0.15) is 0 Å². The first-order valence-corrected chi connectivity index (χ1v) is 9.53. The summed E-state index contributed by atoms with van der Waals surface area (Å²) in [6, 6.07) is 3.46. The normalized spacial score (nSPS) is 14.8. The number of ether oxygens (including phenoxy) is 1. The maximum Gasteiger partial charge on any atom is 0.309 e. The first-order chi connectivity index (χ1) is 13.2. The number of esters is 1. The van der Waals surface area contributed by atoms with Crippen LogP contribution in [0.25, 0.3) is 0 Å². The minimum absolute atomic E-state index is 0. The smallest absolute Gasteiger partial charge is 0.309 e. The SMILES string of the molecule is CCNC(=NCCNC(=O)c1cccnc1)N1CCC(C(=O)OCC)CC1.I. The standard InChI is InChI=1S/C19H29N5O3.HI/c1-3-21-19(24-12-7-15(8-13-24)18(26)27-4-2)23-11-10-22-17(25)16-6-5-9-20-14-16;/h5-6,9,14-15H,3-4,7-8,10-13H2,1-2H3,(H,21,23)(H,22,25);1H. The van der Waals surface area contributed by atoms with Crippen LogP contribution >= 0.6 is 24.0 Å². The van der Waals surface area contributed by atoms with E-state index in [-0.39, 0.29) is 41.8 Å². The molecule has 0 aromatic carbocycles. The van der Waals surface area contributed by atoms with Gasteiger partial charge in [-0.3, -0.25) is 19.6 Å². The molecule has 1 aromatic heterocycles. The first kappa shape index (κ1) is 24.1. The Bertz CT molecular complexity index is 634. The van der Waals surface area contributed by atoms with Crippen molar-refractivity contribution in [1.29, 1.82) is 0 Å². The molecule has 2 N–H and O–H groups in total. The van der Waals surface area contributed by atoms with Crippen LogP contribution in [0.2, 0.25) is 0 Å². The van der Waals surface area contributed by atoms with Gasteiger partial charge in [-0.2, -0.15) is 0 Å². The van der Waals surface area contributed by atoms with Crippen molar-refractivity contribution in [3.05, 3.63) is 30.1 Å². The highest BCUT2D eigenvalue weighted by molar-refractivity contribution is 14.0. The Morgan fingerprint density at radius 1 is 1.29 bits per heavy atom. The molecule has 0 aliphatic carbocycles. The third-order valence-corrected chi connectivity index (χ3v) is 4.33. The van der Waals surface area contributed by atoms with Crippen molar-refractivity contribution < 1.29 is 14.3 Å². The number of pyridine rings is 1. The van der Waals surface area contributed by atoms with Gasteiger partial charge in [-0.15, -0.1) is 24.0 Å². The molecular weight excluding hydrogens is 473 g/mol. The maximum absolute atomic E-state index is 12.0. The van der Waals surface area contributed by atoms with Gasteiger partial charge in [0, 0.05) is 38.6 Å². The van der Waals surface area contributed by atoms with E-state index in [1.807, 2.05) is 13.8 Å². The number of amides is 1. The summed E-state index contributed by atoms with van der Waals surface area (Å²) >= 11 is 0. The van der Waals surface area contributed by atoms with Crippen LogP contribution in [-0.2, 0) is 9.53 Å². The average Bonchev–Trinajstić information content (AvgIpc) is 2.71. The summed E-state index contributed by atoms with van der Waals surface area (Å²) < 4.78 is 5.11. The zero-order valence-corrected chi connectivity index (χ0v) is 18.8. The molecule has 1 saturated heterocycles. The number of rotatable bonds is 7. The van der Waals surface area contributed by atoms with Gasteiger partial charge in [-0.1, -0.05) is 0 Å². The highest BCUT2D eigenvalue weighted by Crippen LogP contribution is 2.18. The summed E-state index contributed by atoms with van der Waals surface area (Å²) in [4.78, 5) is 34.5. The van der Waals surface area contributed by atoms with Crippen LogP contribution in [0, 0.1) is 5.92 Å². The van der Waals surface area contributed by atoms with Gasteiger partial charge in [0.2, 0.25) is 0 Å². The molecule has 156 valence electrons. The van der Waals surface area contributed by atoms with Gasteiger partial charge in [0.15, 0.2) is 5.96 Å². The van der Waals surface area contributed by atoms with Gasteiger partial charge in [-0.25, -0.2) is 0 Å². The molecular formula is C19H30IN5O3. The van der Waals surface area contributed by atoms with E-state index in [9.17, 15) is 9.59 Å². The molecule has 0 unspecified atom stereocenters. The number of aliphatic imine (C=N–C) groups is 1. The van der Waals surface area contributed by atoms with Crippen molar-refractivity contribution >= 4 is 41.8 Å². The lowest BCUT2D eigenvalue weighted by molar-refractivity contribution is -0.149. The monoisotopic (exact) mass is 503 g/mol. The highest BCUT2D eigenvalue weighted by Gasteiger charge is 2.27. The van der Waals surface area contributed by atoms with Crippen molar-refractivity contribution in [1.82, 2.24) is 20.5 Å². The van der Waals surface area contributed by atoms with Crippen LogP contribution < -0.4 is 10.6 Å². The van der Waals surface area contributed by atoms with E-state index >= 15 is 0 Å². The van der Waals surface area contributed by atoms with Crippen molar-refractivity contribution in [3.8, 4) is 0 Å². The van der Waals surface area contributed by atoms with E-state index in [0.717, 1.165) is 38.4 Å². The number of aromatic nitrogens is 1. The van der Waals surface area contributed by atoms with Crippen LogP contribution in [-0.4, -0.2) is 67.1 Å². The number of carbonyl (C=O) groups excluding carboxylic acids is 2. The Morgan fingerprint density at radius 2 is 2.04 bits per heavy atom. The Hall–Kier alpha value is -1.91. The number of nitrogens with zero attached hydrogens (tertiary/aromatic N) is 3. The van der Waals surface area contributed by atoms with Gasteiger partial charge in [0.25, 0.3) is 5.91 Å². The lowest BCUT2D eigenvalue weighted by Crippen LogP contribution is -2.47. The van der Waals surface area contributed by atoms with Crippen LogP contribution in [0.5, 0.6) is 0 Å². The van der Waals surface area contributed by atoms with Gasteiger partial charge in [0.05, 0.1) is 24.6 Å². The van der Waals surface area contributed by atoms with Crippen LogP contribution in [0.1, 0.15) is 37.0 Å². The number of nitrogens with one attached hydrogen (secondary N) is 2. The number of piperidine rings is 1. The molecule has 1 fully saturated rings. The van der Waals surface area contributed by atoms with E-state index in [2.05, 4.69) is 25.5 Å². The lowest BCUT2D eigenvalue weighted by atomic mass is 9.97. The third kappa shape index (κ3) is 7.61. The summed E-state index contributed by atoms with van der Waals surface area (Å²) in [6.45, 7) is 7.48. The second kappa shape index (κ2) is 13.3. The second-order valence-corrected chi connectivity index (χ2v) is 6.25. The summed E-state index contributed by atoms with van der Waals surface area (Å²) in [7, 11) is 0. The number of likely N-dealkylation sites (tertiary alicyclic amines) is 1. The Balaban J connectivity index is 0.00000392. The molecule has 1 amide bonds. The molecule has 1 aliphatic rings. The van der Waals surface area contributed by atoms with Crippen molar-refractivity contribution in [2.24, 2.45) is 10.9 Å². The second-order valence-electron chi connectivity index (χ2n) is 6.25. The molecule has 0 bridgehead atoms. The molecule has 0 saturated carbocycles. The fourth-order valence-electron chi connectivity index (χ4n) is 2.94. The zero-order chi connectivity index (χ0) is 19.5. The topological polar surface area (TPSA) is 95.9 Å². The Labute approximate surface area is 183 Å². The summed E-state index contributed by atoms with van der Waals surface area (Å²) in [5.74, 6) is 0.536. The Kier molecular flexibility index (Phi) is 11.5. The molecule has 8 nitrogen and oxygen atoms in total. The molecule has 0 atom stereocenters. The van der Waals surface area contributed by atoms with E-state index in [4.69, 9.17) is 4.74 Å². The summed E-state index contributed by atoms with van der Waals surface area (Å²) in [6.07, 6.45) is 4.70. The number of hydrogen-bond acceptors (Lipinski definition) is 5. The average molecular weight is 503 g/mol. The number of guanidine groups is 1. The van der Waals surface area contributed by atoms with E-state index in [1.54, 1.807) is 18.3 Å². The van der Waals surface area contributed by atoms with Crippen molar-refractivity contribution in [3.63, 3.8) is 0 Å². The van der Waals surface area contributed by atoms with Crippen LogP contribution in [0.3, 0.4) is 0 Å². The number of carbonyl (C=O) groups is 2. The predicted octanol–water partition coefficient (Wildman–Crippen LogP) is 1.67. The van der Waals surface area contributed by atoms with E-state index in [0.29, 0.717) is 25.3 Å². The maximum atomic E-state index is 12.0. The zero-order valence-electron chi connectivity index (χ0n) is 16.5. The van der Waals surface area contributed by atoms with Gasteiger partial charge < -0.3 is 20.3 Å². The fraction of sp³-hybridized carbons (Fsp3) is 0.579. The van der Waals surface area contributed by atoms with Crippen LogP contribution in [0.15, 0.2) is 29.5 Å². The molecule has 1 aliphatic heterocycles. The molecule has 0 radical (unpaired) electrons. The fourth-order valence-corrected chi connectivity index (χ4v) is 2.94. The molecule has 2 heterocycles. The largest absolute Gasteiger partial charge is 0.466 e. The molecule has 28 heavy (non-hydrogen) atoms. The van der Waals surface area contributed by atoms with E-state index in [1.165, 1.54) is 6.20 Å². The quantitative estimate of drug-likeness (QED) is 0.193. The van der Waals surface area contributed by atoms with Crippen molar-refractivity contribution in [2.75, 3.05) is 39.3 Å². The molecule has 1 aromatic rings. The lowest BCUT2D eigenvalue weighted by Gasteiger charge is -2.33. The van der Waals surface area contributed by atoms with Crippen molar-refractivity contribution in [2.45, 2.75) is 26.7 Å². The third-order valence-electron chi connectivity index (χ3n) is 4.33.